The van der Waals surface area contributed by atoms with Crippen LogP contribution in [-0.2, 0) is 4.84 Å². The molecule has 0 aliphatic rings. The number of hydrogen-bond acceptors (Lipinski definition) is 2. The first-order valence-electron chi connectivity index (χ1n) is 3.85. The molecular formula is C9H10FNO2. The topological polar surface area (TPSA) is 38.3 Å². The van der Waals surface area contributed by atoms with E-state index in [2.05, 4.69) is 4.84 Å². The van der Waals surface area contributed by atoms with Crippen molar-refractivity contribution in [2.45, 2.75) is 13.3 Å². The van der Waals surface area contributed by atoms with Crippen LogP contribution in [0.5, 0.6) is 0 Å². The number of rotatable bonds is 3. The van der Waals surface area contributed by atoms with Gasteiger partial charge in [0, 0.05) is 5.56 Å². The zero-order valence-corrected chi connectivity index (χ0v) is 7.16. The van der Waals surface area contributed by atoms with Crippen LogP contribution in [0.2, 0.25) is 0 Å². The van der Waals surface area contributed by atoms with E-state index in [1.165, 1.54) is 6.92 Å². The summed E-state index contributed by atoms with van der Waals surface area (Å²) in [7, 11) is 0. The number of halogens is 1. The number of nitrogens with one attached hydrogen (secondary N) is 1. The van der Waals surface area contributed by atoms with Gasteiger partial charge in [-0.2, -0.15) is 0 Å². The number of benzene rings is 1. The van der Waals surface area contributed by atoms with Gasteiger partial charge in [0.2, 0.25) is 6.36 Å². The molecule has 0 spiro atoms. The summed E-state index contributed by atoms with van der Waals surface area (Å²) in [6.07, 6.45) is -1.51. The highest BCUT2D eigenvalue weighted by molar-refractivity contribution is 5.93. The SMILES string of the molecule is CC(F)ONC(=O)c1ccccc1. The first kappa shape index (κ1) is 9.67. The summed E-state index contributed by atoms with van der Waals surface area (Å²) in [5.74, 6) is -0.454. The van der Waals surface area contributed by atoms with Gasteiger partial charge >= 0.3 is 0 Å². The number of hydroxylamine groups is 1. The molecule has 0 aliphatic heterocycles. The zero-order chi connectivity index (χ0) is 9.68. The van der Waals surface area contributed by atoms with E-state index in [-0.39, 0.29) is 0 Å². The molecule has 0 saturated carbocycles. The predicted octanol–water partition coefficient (Wildman–Crippen LogP) is 1.66. The highest BCUT2D eigenvalue weighted by Gasteiger charge is 2.05. The smallest absolute Gasteiger partial charge is 0.267 e. The fraction of sp³-hybridized carbons (Fsp3) is 0.222. The third-order valence-corrected chi connectivity index (χ3v) is 1.35. The van der Waals surface area contributed by atoms with E-state index in [0.717, 1.165) is 0 Å². The lowest BCUT2D eigenvalue weighted by Crippen LogP contribution is -2.26. The molecule has 1 atom stereocenters. The number of carbonyl (C=O) groups excluding carboxylic acids is 1. The lowest BCUT2D eigenvalue weighted by atomic mass is 10.2. The van der Waals surface area contributed by atoms with Gasteiger partial charge in [-0.1, -0.05) is 18.2 Å². The largest absolute Gasteiger partial charge is 0.274 e. The Hall–Kier alpha value is -1.42. The first-order chi connectivity index (χ1) is 6.20. The van der Waals surface area contributed by atoms with Crippen LogP contribution in [0.4, 0.5) is 4.39 Å². The van der Waals surface area contributed by atoms with Crippen LogP contribution in [0, 0.1) is 0 Å². The van der Waals surface area contributed by atoms with Crippen LogP contribution in [0.15, 0.2) is 30.3 Å². The van der Waals surface area contributed by atoms with Crippen LogP contribution < -0.4 is 5.48 Å². The van der Waals surface area contributed by atoms with Crippen molar-refractivity contribution in [1.29, 1.82) is 0 Å². The molecule has 1 aromatic carbocycles. The van der Waals surface area contributed by atoms with Gasteiger partial charge in [-0.3, -0.25) is 4.79 Å². The van der Waals surface area contributed by atoms with Crippen LogP contribution in [0.3, 0.4) is 0 Å². The third-order valence-electron chi connectivity index (χ3n) is 1.35. The number of hydrogen-bond donors (Lipinski definition) is 1. The molecule has 0 fully saturated rings. The Morgan fingerprint density at radius 1 is 1.46 bits per heavy atom. The van der Waals surface area contributed by atoms with E-state index < -0.39 is 12.3 Å². The third kappa shape index (κ3) is 3.21. The highest BCUT2D eigenvalue weighted by Crippen LogP contribution is 1.98. The molecule has 0 bridgehead atoms. The molecular weight excluding hydrogens is 173 g/mol. The maximum Gasteiger partial charge on any atom is 0.274 e. The lowest BCUT2D eigenvalue weighted by Gasteiger charge is -2.05. The molecule has 1 unspecified atom stereocenters. The minimum atomic E-state index is -1.51. The van der Waals surface area contributed by atoms with Crippen LogP contribution in [0.1, 0.15) is 17.3 Å². The summed E-state index contributed by atoms with van der Waals surface area (Å²) in [6, 6.07) is 8.44. The summed E-state index contributed by atoms with van der Waals surface area (Å²) in [5.41, 5.74) is 2.42. The quantitative estimate of drug-likeness (QED) is 0.724. The van der Waals surface area contributed by atoms with Gasteiger partial charge in [0.15, 0.2) is 0 Å². The molecule has 70 valence electrons. The van der Waals surface area contributed by atoms with E-state index >= 15 is 0 Å². The average Bonchev–Trinajstić information content (AvgIpc) is 2.15. The van der Waals surface area contributed by atoms with E-state index in [4.69, 9.17) is 0 Å². The molecule has 1 N–H and O–H groups in total. The van der Waals surface area contributed by atoms with Gasteiger partial charge < -0.3 is 0 Å². The van der Waals surface area contributed by atoms with E-state index in [1.807, 2.05) is 5.48 Å². The maximum atomic E-state index is 12.1. The van der Waals surface area contributed by atoms with Gasteiger partial charge in [0.05, 0.1) is 0 Å². The van der Waals surface area contributed by atoms with Gasteiger partial charge in [-0.25, -0.2) is 14.7 Å². The van der Waals surface area contributed by atoms with Gasteiger partial charge in [-0.15, -0.1) is 0 Å². The molecule has 1 rings (SSSR count). The molecule has 0 radical (unpaired) electrons. The standard InChI is InChI=1S/C9H10FNO2/c1-7(10)13-11-9(12)8-5-3-2-4-6-8/h2-7H,1H3,(H,11,12). The Kier molecular flexibility index (Phi) is 3.40. The van der Waals surface area contributed by atoms with E-state index in [0.29, 0.717) is 5.56 Å². The van der Waals surface area contributed by atoms with Gasteiger partial charge in [-0.05, 0) is 19.1 Å². The summed E-state index contributed by atoms with van der Waals surface area (Å²) < 4.78 is 12.1. The molecule has 0 aromatic heterocycles. The second-order valence-corrected chi connectivity index (χ2v) is 2.46. The summed E-state index contributed by atoms with van der Waals surface area (Å²) in [4.78, 5) is 15.4. The fourth-order valence-electron chi connectivity index (χ4n) is 0.783. The summed E-state index contributed by atoms with van der Waals surface area (Å²) >= 11 is 0. The summed E-state index contributed by atoms with van der Waals surface area (Å²) in [5, 5.41) is 0. The Morgan fingerprint density at radius 2 is 2.08 bits per heavy atom. The number of amides is 1. The van der Waals surface area contributed by atoms with Crippen molar-refractivity contribution < 1.29 is 14.0 Å². The average molecular weight is 183 g/mol. The van der Waals surface area contributed by atoms with Crippen LogP contribution >= 0.6 is 0 Å². The molecule has 13 heavy (non-hydrogen) atoms. The van der Waals surface area contributed by atoms with Crippen molar-refractivity contribution >= 4 is 5.91 Å². The van der Waals surface area contributed by atoms with Gasteiger partial charge in [0.1, 0.15) is 0 Å². The maximum absolute atomic E-state index is 12.1. The fourth-order valence-corrected chi connectivity index (χ4v) is 0.783. The molecule has 0 saturated heterocycles. The second-order valence-electron chi connectivity index (χ2n) is 2.46. The van der Waals surface area contributed by atoms with Crippen LogP contribution in [0.25, 0.3) is 0 Å². The molecule has 0 aliphatic carbocycles. The Balaban J connectivity index is 2.50. The first-order valence-corrected chi connectivity index (χ1v) is 3.85. The van der Waals surface area contributed by atoms with Crippen molar-refractivity contribution in [3.8, 4) is 0 Å². The monoisotopic (exact) mass is 183 g/mol. The molecule has 1 aromatic rings. The lowest BCUT2D eigenvalue weighted by molar-refractivity contribution is -0.0724. The molecule has 3 nitrogen and oxygen atoms in total. The Morgan fingerprint density at radius 3 is 2.62 bits per heavy atom. The molecule has 4 heteroatoms. The van der Waals surface area contributed by atoms with Crippen molar-refractivity contribution in [3.05, 3.63) is 35.9 Å². The van der Waals surface area contributed by atoms with Crippen molar-refractivity contribution in [3.63, 3.8) is 0 Å². The predicted molar refractivity (Wildman–Crippen MR) is 45.6 cm³/mol. The zero-order valence-electron chi connectivity index (χ0n) is 7.16. The Bertz CT molecular complexity index is 274. The summed E-state index contributed by atoms with van der Waals surface area (Å²) in [6.45, 7) is 1.19. The normalized spacial score (nSPS) is 12.2. The van der Waals surface area contributed by atoms with E-state index in [9.17, 15) is 9.18 Å². The minimum absolute atomic E-state index is 0.433. The van der Waals surface area contributed by atoms with Gasteiger partial charge in [0.25, 0.3) is 5.91 Å². The number of carbonyl (C=O) groups is 1. The molecule has 0 heterocycles. The second kappa shape index (κ2) is 4.57. The number of alkyl halides is 1. The highest BCUT2D eigenvalue weighted by atomic mass is 19.1. The Labute approximate surface area is 75.5 Å². The van der Waals surface area contributed by atoms with Crippen molar-refractivity contribution in [2.75, 3.05) is 0 Å². The molecule has 1 amide bonds. The van der Waals surface area contributed by atoms with Crippen LogP contribution in [-0.4, -0.2) is 12.3 Å². The van der Waals surface area contributed by atoms with Crippen molar-refractivity contribution in [1.82, 2.24) is 5.48 Å². The van der Waals surface area contributed by atoms with E-state index in [1.54, 1.807) is 30.3 Å². The van der Waals surface area contributed by atoms with Crippen molar-refractivity contribution in [2.24, 2.45) is 0 Å². The minimum Gasteiger partial charge on any atom is -0.267 e.